The van der Waals surface area contributed by atoms with E-state index in [1.165, 1.54) is 5.56 Å². The second-order valence-corrected chi connectivity index (χ2v) is 7.15. The maximum atomic E-state index is 12.3. The van der Waals surface area contributed by atoms with Crippen LogP contribution >= 0.6 is 0 Å². The van der Waals surface area contributed by atoms with Crippen LogP contribution in [0.1, 0.15) is 31.2 Å². The summed E-state index contributed by atoms with van der Waals surface area (Å²) < 4.78 is 5.33. The Balaban J connectivity index is 1.37. The molecule has 0 aliphatic carbocycles. The van der Waals surface area contributed by atoms with Gasteiger partial charge in [0.05, 0.1) is 19.1 Å². The first-order valence-electron chi connectivity index (χ1n) is 9.39. The molecule has 1 aromatic carbocycles. The van der Waals surface area contributed by atoms with Gasteiger partial charge < -0.3 is 15.0 Å². The van der Waals surface area contributed by atoms with Crippen molar-refractivity contribution < 1.29 is 14.3 Å². The summed E-state index contributed by atoms with van der Waals surface area (Å²) in [4.78, 5) is 26.3. The van der Waals surface area contributed by atoms with Crippen molar-refractivity contribution in [3.63, 3.8) is 0 Å². The molecule has 2 amide bonds. The number of benzene rings is 1. The van der Waals surface area contributed by atoms with Gasteiger partial charge in [-0.2, -0.15) is 0 Å². The summed E-state index contributed by atoms with van der Waals surface area (Å²) in [7, 11) is 0. The fraction of sp³-hybridized carbons (Fsp3) is 0.600. The van der Waals surface area contributed by atoms with Gasteiger partial charge in [0.15, 0.2) is 0 Å². The van der Waals surface area contributed by atoms with E-state index in [0.29, 0.717) is 12.5 Å². The molecule has 5 heteroatoms. The Morgan fingerprint density at radius 1 is 1.12 bits per heavy atom. The Hall–Kier alpha value is -1.88. The van der Waals surface area contributed by atoms with Crippen LogP contribution in [0, 0.1) is 11.8 Å². The fourth-order valence-electron chi connectivity index (χ4n) is 3.70. The van der Waals surface area contributed by atoms with Crippen molar-refractivity contribution in [3.8, 4) is 0 Å². The molecule has 0 unspecified atom stereocenters. The second-order valence-electron chi connectivity index (χ2n) is 7.15. The number of nitrogens with zero attached hydrogens (tertiary/aromatic N) is 1. The summed E-state index contributed by atoms with van der Waals surface area (Å²) in [5, 5.41) is 2.79. The largest absolute Gasteiger partial charge is 0.381 e. The molecule has 5 nitrogen and oxygen atoms in total. The Morgan fingerprint density at radius 2 is 1.88 bits per heavy atom. The van der Waals surface area contributed by atoms with E-state index >= 15 is 0 Å². The molecular formula is C20H28N2O3. The van der Waals surface area contributed by atoms with E-state index in [1.54, 1.807) is 0 Å². The van der Waals surface area contributed by atoms with Gasteiger partial charge >= 0.3 is 0 Å². The third-order valence-corrected chi connectivity index (χ3v) is 5.28. The number of ether oxygens (including phenoxy) is 1. The van der Waals surface area contributed by atoms with Gasteiger partial charge in [0.25, 0.3) is 0 Å². The van der Waals surface area contributed by atoms with Crippen LogP contribution in [0.25, 0.3) is 0 Å². The van der Waals surface area contributed by atoms with Crippen molar-refractivity contribution in [2.75, 3.05) is 32.8 Å². The van der Waals surface area contributed by atoms with E-state index in [0.717, 1.165) is 51.8 Å². The Bertz CT molecular complexity index is 562. The molecular weight excluding hydrogens is 316 g/mol. The minimum absolute atomic E-state index is 0.0308. The molecule has 0 spiro atoms. The number of piperidine rings is 1. The van der Waals surface area contributed by atoms with Crippen LogP contribution in [-0.4, -0.2) is 49.6 Å². The highest BCUT2D eigenvalue weighted by molar-refractivity contribution is 5.86. The zero-order valence-corrected chi connectivity index (χ0v) is 14.8. The van der Waals surface area contributed by atoms with E-state index in [-0.39, 0.29) is 24.3 Å². The minimum Gasteiger partial charge on any atom is -0.381 e. The summed E-state index contributed by atoms with van der Waals surface area (Å²) in [5.74, 6) is 0.522. The van der Waals surface area contributed by atoms with Crippen LogP contribution in [0.2, 0.25) is 0 Å². The molecule has 25 heavy (non-hydrogen) atoms. The fourth-order valence-corrected chi connectivity index (χ4v) is 3.70. The van der Waals surface area contributed by atoms with Crippen molar-refractivity contribution in [1.29, 1.82) is 0 Å². The highest BCUT2D eigenvalue weighted by Crippen LogP contribution is 2.21. The van der Waals surface area contributed by atoms with Crippen LogP contribution in [0.15, 0.2) is 30.3 Å². The van der Waals surface area contributed by atoms with Crippen LogP contribution in [-0.2, 0) is 20.7 Å². The number of hydrogen-bond donors (Lipinski definition) is 1. The standard InChI is InChI=1S/C20H28N2O3/c23-19(14-21-20(24)18-7-4-12-25-15-18)22-10-8-17(9-11-22)13-16-5-2-1-3-6-16/h1-3,5-6,17-18H,4,7-15H2,(H,21,24)/t18-/m0/s1. The first kappa shape index (κ1) is 17.9. The quantitative estimate of drug-likeness (QED) is 0.889. The number of rotatable bonds is 5. The molecule has 2 saturated heterocycles. The number of likely N-dealkylation sites (tertiary alicyclic amines) is 1. The average molecular weight is 344 g/mol. The summed E-state index contributed by atoms with van der Waals surface area (Å²) in [6.07, 6.45) is 4.92. The molecule has 0 bridgehead atoms. The van der Waals surface area contributed by atoms with E-state index in [4.69, 9.17) is 4.74 Å². The number of nitrogens with one attached hydrogen (secondary N) is 1. The van der Waals surface area contributed by atoms with Gasteiger partial charge in [0, 0.05) is 19.7 Å². The minimum atomic E-state index is -0.0989. The summed E-state index contributed by atoms with van der Waals surface area (Å²) in [5.41, 5.74) is 1.37. The highest BCUT2D eigenvalue weighted by atomic mass is 16.5. The molecule has 1 atom stereocenters. The topological polar surface area (TPSA) is 58.6 Å². The van der Waals surface area contributed by atoms with E-state index < -0.39 is 0 Å². The third-order valence-electron chi connectivity index (χ3n) is 5.28. The van der Waals surface area contributed by atoms with Gasteiger partial charge in [-0.1, -0.05) is 30.3 Å². The van der Waals surface area contributed by atoms with Gasteiger partial charge in [-0.15, -0.1) is 0 Å². The first-order chi connectivity index (χ1) is 12.2. The maximum Gasteiger partial charge on any atom is 0.241 e. The smallest absolute Gasteiger partial charge is 0.241 e. The maximum absolute atomic E-state index is 12.3. The van der Waals surface area contributed by atoms with E-state index in [1.807, 2.05) is 11.0 Å². The Morgan fingerprint density at radius 3 is 2.56 bits per heavy atom. The summed E-state index contributed by atoms with van der Waals surface area (Å²) in [6.45, 7) is 2.90. The molecule has 0 aromatic heterocycles. The van der Waals surface area contributed by atoms with Crippen LogP contribution in [0.3, 0.4) is 0 Å². The third kappa shape index (κ3) is 5.30. The number of amides is 2. The molecule has 2 fully saturated rings. The lowest BCUT2D eigenvalue weighted by Crippen LogP contribution is -2.46. The molecule has 3 rings (SSSR count). The molecule has 1 aromatic rings. The van der Waals surface area contributed by atoms with Crippen molar-refractivity contribution in [1.82, 2.24) is 10.2 Å². The number of carbonyl (C=O) groups excluding carboxylic acids is 2. The van der Waals surface area contributed by atoms with Gasteiger partial charge in [0.1, 0.15) is 0 Å². The Labute approximate surface area is 149 Å². The Kier molecular flexibility index (Phi) is 6.45. The van der Waals surface area contributed by atoms with Crippen LogP contribution < -0.4 is 5.32 Å². The normalized spacial score (nSPS) is 21.8. The van der Waals surface area contributed by atoms with Gasteiger partial charge in [-0.25, -0.2) is 0 Å². The van der Waals surface area contributed by atoms with Gasteiger partial charge in [-0.05, 0) is 43.6 Å². The van der Waals surface area contributed by atoms with Gasteiger partial charge in [-0.3, -0.25) is 9.59 Å². The summed E-state index contributed by atoms with van der Waals surface area (Å²) in [6, 6.07) is 10.5. The van der Waals surface area contributed by atoms with E-state index in [2.05, 4.69) is 29.6 Å². The second kappa shape index (κ2) is 8.99. The first-order valence-corrected chi connectivity index (χ1v) is 9.39. The SMILES string of the molecule is O=C(NCC(=O)N1CCC(Cc2ccccc2)CC1)[C@H]1CCCOC1. The lowest BCUT2D eigenvalue weighted by atomic mass is 9.90. The van der Waals surface area contributed by atoms with Crippen molar-refractivity contribution in [3.05, 3.63) is 35.9 Å². The average Bonchev–Trinajstić information content (AvgIpc) is 2.68. The highest BCUT2D eigenvalue weighted by Gasteiger charge is 2.25. The lowest BCUT2D eigenvalue weighted by molar-refractivity contribution is -0.136. The summed E-state index contributed by atoms with van der Waals surface area (Å²) >= 11 is 0. The van der Waals surface area contributed by atoms with E-state index in [9.17, 15) is 9.59 Å². The van der Waals surface area contributed by atoms with Crippen molar-refractivity contribution in [2.45, 2.75) is 32.1 Å². The van der Waals surface area contributed by atoms with Crippen molar-refractivity contribution in [2.24, 2.45) is 11.8 Å². The predicted molar refractivity (Wildman–Crippen MR) is 96.0 cm³/mol. The zero-order chi connectivity index (χ0) is 17.5. The zero-order valence-electron chi connectivity index (χ0n) is 14.8. The molecule has 136 valence electrons. The number of carbonyl (C=O) groups is 2. The van der Waals surface area contributed by atoms with Crippen LogP contribution in [0.4, 0.5) is 0 Å². The van der Waals surface area contributed by atoms with Gasteiger partial charge in [0.2, 0.25) is 11.8 Å². The molecule has 0 saturated carbocycles. The monoisotopic (exact) mass is 344 g/mol. The number of hydrogen-bond acceptors (Lipinski definition) is 3. The van der Waals surface area contributed by atoms with Crippen molar-refractivity contribution >= 4 is 11.8 Å². The molecule has 1 N–H and O–H groups in total. The van der Waals surface area contributed by atoms with Crippen LogP contribution in [0.5, 0.6) is 0 Å². The molecule has 0 radical (unpaired) electrons. The lowest BCUT2D eigenvalue weighted by Gasteiger charge is -2.32. The molecule has 2 aliphatic heterocycles. The molecule has 2 heterocycles. The molecule has 2 aliphatic rings. The predicted octanol–water partition coefficient (Wildman–Crippen LogP) is 2.01.